The predicted molar refractivity (Wildman–Crippen MR) is 84.4 cm³/mol. The zero-order valence-corrected chi connectivity index (χ0v) is 13.7. The number of benzene rings is 2. The highest BCUT2D eigenvalue weighted by Crippen LogP contribution is 2.23. The van der Waals surface area contributed by atoms with E-state index in [0.717, 1.165) is 11.1 Å². The van der Waals surface area contributed by atoms with Crippen LogP contribution in [0, 0.1) is 19.7 Å². The highest BCUT2D eigenvalue weighted by atomic mass is 79.9. The van der Waals surface area contributed by atoms with Crippen molar-refractivity contribution in [1.82, 2.24) is 0 Å². The molecule has 0 N–H and O–H groups in total. The molecule has 0 bridgehead atoms. The van der Waals surface area contributed by atoms with Gasteiger partial charge in [0.15, 0.2) is 6.10 Å². The van der Waals surface area contributed by atoms with Gasteiger partial charge < -0.3 is 4.74 Å². The standard InChI is InChI=1S/C17H16BrFO2/c1-10-4-5-11(2)14(8-10)17(20)12(3)21-13-6-7-15(18)16(19)9-13/h4-9,12H,1-3H3. The van der Waals surface area contributed by atoms with Crippen LogP contribution < -0.4 is 4.74 Å². The van der Waals surface area contributed by atoms with Crippen LogP contribution in [0.3, 0.4) is 0 Å². The SMILES string of the molecule is Cc1ccc(C)c(C(=O)C(C)Oc2ccc(Br)c(F)c2)c1. The lowest BCUT2D eigenvalue weighted by Gasteiger charge is -2.15. The minimum Gasteiger partial charge on any atom is -0.482 e. The zero-order chi connectivity index (χ0) is 15.6. The van der Waals surface area contributed by atoms with Gasteiger partial charge >= 0.3 is 0 Å². The molecule has 1 unspecified atom stereocenters. The van der Waals surface area contributed by atoms with Crippen LogP contribution >= 0.6 is 15.9 Å². The molecule has 0 aliphatic heterocycles. The number of Topliss-reactive ketones (excluding diaryl/α,β-unsaturated/α-hetero) is 1. The molecule has 21 heavy (non-hydrogen) atoms. The first kappa shape index (κ1) is 15.7. The maximum atomic E-state index is 13.5. The highest BCUT2D eigenvalue weighted by Gasteiger charge is 2.19. The van der Waals surface area contributed by atoms with Crippen molar-refractivity contribution in [3.05, 3.63) is 63.4 Å². The monoisotopic (exact) mass is 350 g/mol. The Morgan fingerprint density at radius 2 is 1.90 bits per heavy atom. The van der Waals surface area contributed by atoms with Gasteiger partial charge in [-0.25, -0.2) is 4.39 Å². The fraction of sp³-hybridized carbons (Fsp3) is 0.235. The van der Waals surface area contributed by atoms with Crippen LogP contribution in [0.4, 0.5) is 4.39 Å². The van der Waals surface area contributed by atoms with Crippen molar-refractivity contribution in [1.29, 1.82) is 0 Å². The summed E-state index contributed by atoms with van der Waals surface area (Å²) in [5.41, 5.74) is 2.56. The van der Waals surface area contributed by atoms with E-state index < -0.39 is 11.9 Å². The Labute approximate surface area is 132 Å². The number of hydrogen-bond acceptors (Lipinski definition) is 2. The van der Waals surface area contributed by atoms with E-state index in [1.54, 1.807) is 19.1 Å². The first-order valence-corrected chi connectivity index (χ1v) is 7.41. The first-order valence-electron chi connectivity index (χ1n) is 6.61. The molecule has 0 aromatic heterocycles. The van der Waals surface area contributed by atoms with Crippen molar-refractivity contribution < 1.29 is 13.9 Å². The zero-order valence-electron chi connectivity index (χ0n) is 12.1. The number of rotatable bonds is 4. The minimum atomic E-state index is -0.675. The van der Waals surface area contributed by atoms with Crippen LogP contribution in [0.25, 0.3) is 0 Å². The van der Waals surface area contributed by atoms with Crippen LogP contribution in [0.15, 0.2) is 40.9 Å². The Kier molecular flexibility index (Phi) is 4.78. The molecule has 0 saturated heterocycles. The average molecular weight is 351 g/mol. The number of halogens is 2. The molecule has 0 heterocycles. The second kappa shape index (κ2) is 6.39. The molecule has 4 heteroatoms. The number of hydrogen-bond donors (Lipinski definition) is 0. The fourth-order valence-electron chi connectivity index (χ4n) is 2.03. The van der Waals surface area contributed by atoms with E-state index in [1.165, 1.54) is 6.07 Å². The molecule has 0 fully saturated rings. The lowest BCUT2D eigenvalue weighted by Crippen LogP contribution is -2.24. The lowest BCUT2D eigenvalue weighted by molar-refractivity contribution is 0.0816. The molecule has 0 saturated carbocycles. The summed E-state index contributed by atoms with van der Waals surface area (Å²) in [6.45, 7) is 5.49. The normalized spacial score (nSPS) is 12.0. The number of carbonyl (C=O) groups excluding carboxylic acids is 1. The number of ether oxygens (including phenoxy) is 1. The van der Waals surface area contributed by atoms with Crippen LogP contribution in [0.5, 0.6) is 5.75 Å². The van der Waals surface area contributed by atoms with Crippen molar-refractivity contribution in [2.45, 2.75) is 26.9 Å². The van der Waals surface area contributed by atoms with Gasteiger partial charge in [0.1, 0.15) is 11.6 Å². The summed E-state index contributed by atoms with van der Waals surface area (Å²) < 4.78 is 19.4. The summed E-state index contributed by atoms with van der Waals surface area (Å²) in [5.74, 6) is -0.194. The maximum absolute atomic E-state index is 13.5. The predicted octanol–water partition coefficient (Wildman–Crippen LogP) is 4.86. The summed E-state index contributed by atoms with van der Waals surface area (Å²) >= 11 is 3.08. The summed E-state index contributed by atoms with van der Waals surface area (Å²) in [6, 6.07) is 10.2. The van der Waals surface area contributed by atoms with E-state index in [9.17, 15) is 9.18 Å². The molecule has 2 rings (SSSR count). The number of aryl methyl sites for hydroxylation is 2. The van der Waals surface area contributed by atoms with E-state index in [-0.39, 0.29) is 5.78 Å². The summed E-state index contributed by atoms with van der Waals surface area (Å²) in [7, 11) is 0. The van der Waals surface area contributed by atoms with Crippen molar-refractivity contribution in [3.63, 3.8) is 0 Å². The van der Waals surface area contributed by atoms with Gasteiger partial charge in [-0.15, -0.1) is 0 Å². The molecular weight excluding hydrogens is 335 g/mol. The third-order valence-electron chi connectivity index (χ3n) is 3.23. The lowest BCUT2D eigenvalue weighted by atomic mass is 9.99. The Hall–Kier alpha value is -1.68. The van der Waals surface area contributed by atoms with Gasteiger partial charge in [0.05, 0.1) is 4.47 Å². The topological polar surface area (TPSA) is 26.3 Å². The molecule has 2 aromatic rings. The van der Waals surface area contributed by atoms with Gasteiger partial charge in [-0.05, 0) is 60.5 Å². The van der Waals surface area contributed by atoms with Crippen LogP contribution in [0.2, 0.25) is 0 Å². The van der Waals surface area contributed by atoms with Gasteiger partial charge in [-0.1, -0.05) is 17.7 Å². The van der Waals surface area contributed by atoms with Crippen molar-refractivity contribution >= 4 is 21.7 Å². The van der Waals surface area contributed by atoms with Crippen LogP contribution in [-0.4, -0.2) is 11.9 Å². The Bertz CT molecular complexity index is 682. The van der Waals surface area contributed by atoms with E-state index in [2.05, 4.69) is 15.9 Å². The van der Waals surface area contributed by atoms with E-state index >= 15 is 0 Å². The minimum absolute atomic E-state index is 0.112. The molecule has 0 amide bonds. The molecule has 0 spiro atoms. The maximum Gasteiger partial charge on any atom is 0.203 e. The largest absolute Gasteiger partial charge is 0.482 e. The molecule has 0 radical (unpaired) electrons. The van der Waals surface area contributed by atoms with Crippen LogP contribution in [0.1, 0.15) is 28.4 Å². The molecule has 0 aliphatic rings. The second-order valence-electron chi connectivity index (χ2n) is 5.02. The third kappa shape index (κ3) is 3.70. The molecule has 0 aliphatic carbocycles. The van der Waals surface area contributed by atoms with Gasteiger partial charge in [-0.3, -0.25) is 4.79 Å². The van der Waals surface area contributed by atoms with Crippen molar-refractivity contribution in [3.8, 4) is 5.75 Å². The summed E-state index contributed by atoms with van der Waals surface area (Å²) in [6.07, 6.45) is -0.675. The quantitative estimate of drug-likeness (QED) is 0.736. The summed E-state index contributed by atoms with van der Waals surface area (Å²) in [5, 5.41) is 0. The van der Waals surface area contributed by atoms with Crippen LogP contribution in [-0.2, 0) is 0 Å². The molecule has 2 aromatic carbocycles. The third-order valence-corrected chi connectivity index (χ3v) is 3.87. The van der Waals surface area contributed by atoms with E-state index in [1.807, 2.05) is 32.0 Å². The average Bonchev–Trinajstić information content (AvgIpc) is 2.44. The van der Waals surface area contributed by atoms with Crippen molar-refractivity contribution in [2.75, 3.05) is 0 Å². The Morgan fingerprint density at radius 1 is 1.19 bits per heavy atom. The number of carbonyl (C=O) groups is 1. The molecular formula is C17H16BrFO2. The van der Waals surface area contributed by atoms with E-state index in [4.69, 9.17) is 4.74 Å². The smallest absolute Gasteiger partial charge is 0.203 e. The van der Waals surface area contributed by atoms with E-state index in [0.29, 0.717) is 15.8 Å². The Balaban J connectivity index is 2.19. The summed E-state index contributed by atoms with van der Waals surface area (Å²) in [4.78, 5) is 12.4. The van der Waals surface area contributed by atoms with Gasteiger partial charge in [0.25, 0.3) is 0 Å². The molecule has 2 nitrogen and oxygen atoms in total. The second-order valence-corrected chi connectivity index (χ2v) is 5.87. The van der Waals surface area contributed by atoms with Gasteiger partial charge in [0, 0.05) is 11.6 Å². The molecule has 1 atom stereocenters. The highest BCUT2D eigenvalue weighted by molar-refractivity contribution is 9.10. The number of ketones is 1. The first-order chi connectivity index (χ1) is 9.88. The Morgan fingerprint density at radius 3 is 2.57 bits per heavy atom. The van der Waals surface area contributed by atoms with Gasteiger partial charge in [-0.2, -0.15) is 0 Å². The fourth-order valence-corrected chi connectivity index (χ4v) is 2.27. The van der Waals surface area contributed by atoms with Gasteiger partial charge in [0.2, 0.25) is 5.78 Å². The van der Waals surface area contributed by atoms with Crippen molar-refractivity contribution in [2.24, 2.45) is 0 Å². The molecule has 110 valence electrons.